The highest BCUT2D eigenvalue weighted by molar-refractivity contribution is 5.97. The fourth-order valence-electron chi connectivity index (χ4n) is 2.71. The summed E-state index contributed by atoms with van der Waals surface area (Å²) in [6.07, 6.45) is 0.625. The van der Waals surface area contributed by atoms with Gasteiger partial charge in [-0.3, -0.25) is 14.9 Å². The SMILES string of the molecule is COc1ccc([N+](=O)[O-])cc1C(=O)N[C@H]1CCOc2ccccc21. The minimum absolute atomic E-state index is 0.135. The molecule has 0 radical (unpaired) electrons. The number of para-hydroxylation sites is 1. The largest absolute Gasteiger partial charge is 0.496 e. The number of nitro benzene ring substituents is 1. The van der Waals surface area contributed by atoms with Gasteiger partial charge in [-0.2, -0.15) is 0 Å². The number of carbonyl (C=O) groups excluding carboxylic acids is 1. The van der Waals surface area contributed by atoms with Gasteiger partial charge in [-0.1, -0.05) is 18.2 Å². The fraction of sp³-hybridized carbons (Fsp3) is 0.235. The molecule has 1 N–H and O–H groups in total. The first-order valence-corrected chi connectivity index (χ1v) is 7.45. The number of non-ortho nitro benzene ring substituents is 1. The molecule has 7 nitrogen and oxygen atoms in total. The van der Waals surface area contributed by atoms with E-state index in [4.69, 9.17) is 9.47 Å². The molecule has 124 valence electrons. The lowest BCUT2D eigenvalue weighted by molar-refractivity contribution is -0.384. The second-order valence-electron chi connectivity index (χ2n) is 5.34. The minimum atomic E-state index is -0.542. The van der Waals surface area contributed by atoms with E-state index in [2.05, 4.69) is 5.32 Å². The van der Waals surface area contributed by atoms with Crippen LogP contribution in [0.25, 0.3) is 0 Å². The number of nitro groups is 1. The van der Waals surface area contributed by atoms with Crippen LogP contribution in [-0.2, 0) is 0 Å². The molecule has 3 rings (SSSR count). The van der Waals surface area contributed by atoms with Gasteiger partial charge in [0.1, 0.15) is 11.5 Å². The molecule has 7 heteroatoms. The van der Waals surface area contributed by atoms with Crippen LogP contribution in [0.15, 0.2) is 42.5 Å². The number of hydrogen-bond donors (Lipinski definition) is 1. The number of carbonyl (C=O) groups is 1. The van der Waals surface area contributed by atoms with Crippen LogP contribution in [0.5, 0.6) is 11.5 Å². The smallest absolute Gasteiger partial charge is 0.270 e. The number of amides is 1. The van der Waals surface area contributed by atoms with E-state index in [1.54, 1.807) is 0 Å². The summed E-state index contributed by atoms with van der Waals surface area (Å²) in [7, 11) is 1.42. The van der Waals surface area contributed by atoms with Gasteiger partial charge in [0.25, 0.3) is 11.6 Å². The minimum Gasteiger partial charge on any atom is -0.496 e. The van der Waals surface area contributed by atoms with Gasteiger partial charge in [-0.15, -0.1) is 0 Å². The first-order valence-electron chi connectivity index (χ1n) is 7.45. The standard InChI is InChI=1S/C17H16N2O5/c1-23-15-7-6-11(19(21)22)10-13(15)17(20)18-14-8-9-24-16-5-3-2-4-12(14)16/h2-7,10,14H,8-9H2,1H3,(H,18,20)/t14-/m0/s1. The average molecular weight is 328 g/mol. The van der Waals surface area contributed by atoms with E-state index in [1.165, 1.54) is 25.3 Å². The molecule has 1 aliphatic rings. The van der Waals surface area contributed by atoms with Crippen LogP contribution in [0.3, 0.4) is 0 Å². The molecule has 2 aromatic carbocycles. The summed E-state index contributed by atoms with van der Waals surface area (Å²) in [6.45, 7) is 0.494. The summed E-state index contributed by atoms with van der Waals surface area (Å²) in [5, 5.41) is 13.9. The molecule has 0 saturated heterocycles. The molecule has 0 saturated carbocycles. The molecular formula is C17H16N2O5. The van der Waals surface area contributed by atoms with Gasteiger partial charge in [-0.25, -0.2) is 0 Å². The van der Waals surface area contributed by atoms with Crippen molar-refractivity contribution in [3.05, 3.63) is 63.7 Å². The van der Waals surface area contributed by atoms with Crippen molar-refractivity contribution in [1.82, 2.24) is 5.32 Å². The van der Waals surface area contributed by atoms with Crippen LogP contribution < -0.4 is 14.8 Å². The van der Waals surface area contributed by atoms with E-state index < -0.39 is 10.8 Å². The molecule has 0 bridgehead atoms. The Morgan fingerprint density at radius 2 is 2.12 bits per heavy atom. The topological polar surface area (TPSA) is 90.7 Å². The summed E-state index contributed by atoms with van der Waals surface area (Å²) in [6, 6.07) is 11.2. The Labute approximate surface area is 138 Å². The number of ether oxygens (including phenoxy) is 2. The summed E-state index contributed by atoms with van der Waals surface area (Å²) < 4.78 is 10.7. The van der Waals surface area contributed by atoms with Crippen molar-refractivity contribution >= 4 is 11.6 Å². The van der Waals surface area contributed by atoms with Crippen molar-refractivity contribution in [3.63, 3.8) is 0 Å². The molecule has 1 amide bonds. The van der Waals surface area contributed by atoms with E-state index in [1.807, 2.05) is 24.3 Å². The lowest BCUT2D eigenvalue weighted by Gasteiger charge is -2.26. The van der Waals surface area contributed by atoms with Gasteiger partial charge in [0.05, 0.1) is 30.2 Å². The predicted molar refractivity (Wildman–Crippen MR) is 86.4 cm³/mol. The Hall–Kier alpha value is -3.09. The van der Waals surface area contributed by atoms with E-state index in [-0.39, 0.29) is 17.3 Å². The van der Waals surface area contributed by atoms with Gasteiger partial charge in [0.2, 0.25) is 0 Å². The highest BCUT2D eigenvalue weighted by Crippen LogP contribution is 2.32. The normalized spacial score (nSPS) is 15.8. The van der Waals surface area contributed by atoms with Gasteiger partial charge in [0.15, 0.2) is 0 Å². The highest BCUT2D eigenvalue weighted by Gasteiger charge is 2.25. The maximum Gasteiger partial charge on any atom is 0.270 e. The Morgan fingerprint density at radius 1 is 1.33 bits per heavy atom. The Kier molecular flexibility index (Phi) is 4.33. The van der Waals surface area contributed by atoms with Crippen LogP contribution in [-0.4, -0.2) is 24.5 Å². The number of methoxy groups -OCH3 is 1. The monoisotopic (exact) mass is 328 g/mol. The van der Waals surface area contributed by atoms with E-state index in [0.717, 1.165) is 11.3 Å². The Bertz CT molecular complexity index is 790. The number of fused-ring (bicyclic) bond motifs is 1. The van der Waals surface area contributed by atoms with Crippen molar-refractivity contribution in [1.29, 1.82) is 0 Å². The second-order valence-corrected chi connectivity index (χ2v) is 5.34. The predicted octanol–water partition coefficient (Wildman–Crippen LogP) is 2.86. The first-order chi connectivity index (χ1) is 11.6. The van der Waals surface area contributed by atoms with Gasteiger partial charge in [0, 0.05) is 24.1 Å². The van der Waals surface area contributed by atoms with Crippen molar-refractivity contribution in [2.75, 3.05) is 13.7 Å². The van der Waals surface area contributed by atoms with E-state index >= 15 is 0 Å². The van der Waals surface area contributed by atoms with Crippen LogP contribution in [0.1, 0.15) is 28.4 Å². The lowest BCUT2D eigenvalue weighted by atomic mass is 10.00. The fourth-order valence-corrected chi connectivity index (χ4v) is 2.71. The second kappa shape index (κ2) is 6.57. The van der Waals surface area contributed by atoms with Crippen molar-refractivity contribution in [2.24, 2.45) is 0 Å². The summed E-state index contributed by atoms with van der Waals surface area (Å²) in [4.78, 5) is 23.0. The highest BCUT2D eigenvalue weighted by atomic mass is 16.6. The van der Waals surface area contributed by atoms with Gasteiger partial charge in [-0.05, 0) is 12.1 Å². The molecule has 0 aromatic heterocycles. The zero-order valence-electron chi connectivity index (χ0n) is 13.0. The molecule has 1 heterocycles. The average Bonchev–Trinajstić information content (AvgIpc) is 2.61. The number of nitrogens with zero attached hydrogens (tertiary/aromatic N) is 1. The number of nitrogens with one attached hydrogen (secondary N) is 1. The maximum absolute atomic E-state index is 12.6. The van der Waals surface area contributed by atoms with Crippen molar-refractivity contribution < 1.29 is 19.2 Å². The van der Waals surface area contributed by atoms with Crippen LogP contribution in [0.4, 0.5) is 5.69 Å². The van der Waals surface area contributed by atoms with E-state index in [9.17, 15) is 14.9 Å². The molecule has 0 fully saturated rings. The molecular weight excluding hydrogens is 312 g/mol. The van der Waals surface area contributed by atoms with Crippen molar-refractivity contribution in [3.8, 4) is 11.5 Å². The zero-order chi connectivity index (χ0) is 17.1. The summed E-state index contributed by atoms with van der Waals surface area (Å²) in [5.74, 6) is 0.607. The molecule has 2 aromatic rings. The Balaban J connectivity index is 1.88. The van der Waals surface area contributed by atoms with Crippen LogP contribution in [0.2, 0.25) is 0 Å². The lowest BCUT2D eigenvalue weighted by Crippen LogP contribution is -2.32. The molecule has 0 spiro atoms. The van der Waals surface area contributed by atoms with Crippen LogP contribution >= 0.6 is 0 Å². The molecule has 24 heavy (non-hydrogen) atoms. The number of rotatable bonds is 4. The summed E-state index contributed by atoms with van der Waals surface area (Å²) in [5.41, 5.74) is 0.866. The maximum atomic E-state index is 12.6. The van der Waals surface area contributed by atoms with Crippen molar-refractivity contribution in [2.45, 2.75) is 12.5 Å². The number of benzene rings is 2. The van der Waals surface area contributed by atoms with Gasteiger partial charge < -0.3 is 14.8 Å². The molecule has 0 unspecified atom stereocenters. The van der Waals surface area contributed by atoms with Crippen LogP contribution in [0, 0.1) is 10.1 Å². The molecule has 1 atom stereocenters. The summed E-state index contributed by atoms with van der Waals surface area (Å²) >= 11 is 0. The van der Waals surface area contributed by atoms with E-state index in [0.29, 0.717) is 18.8 Å². The third-order valence-electron chi connectivity index (χ3n) is 3.90. The number of hydrogen-bond acceptors (Lipinski definition) is 5. The van der Waals surface area contributed by atoms with Gasteiger partial charge >= 0.3 is 0 Å². The molecule has 0 aliphatic carbocycles. The third-order valence-corrected chi connectivity index (χ3v) is 3.90. The quantitative estimate of drug-likeness (QED) is 0.688. The zero-order valence-corrected chi connectivity index (χ0v) is 13.0. The third kappa shape index (κ3) is 3.01. The Morgan fingerprint density at radius 3 is 2.88 bits per heavy atom. The molecule has 1 aliphatic heterocycles. The first kappa shape index (κ1) is 15.8.